The van der Waals surface area contributed by atoms with Gasteiger partial charge in [0.05, 0.1) is 0 Å². The van der Waals surface area contributed by atoms with Crippen molar-refractivity contribution in [1.82, 2.24) is 5.32 Å². The van der Waals surface area contributed by atoms with E-state index in [0.29, 0.717) is 6.54 Å². The first-order chi connectivity index (χ1) is 7.93. The monoisotopic (exact) mass is 235 g/mol. The summed E-state index contributed by atoms with van der Waals surface area (Å²) < 4.78 is 0. The molecule has 1 aromatic rings. The van der Waals surface area contributed by atoms with Gasteiger partial charge in [-0.25, -0.2) is 0 Å². The second-order valence-electron chi connectivity index (χ2n) is 4.80. The van der Waals surface area contributed by atoms with Crippen LogP contribution in [0.15, 0.2) is 18.2 Å². The summed E-state index contributed by atoms with van der Waals surface area (Å²) >= 11 is 0. The molecule has 1 unspecified atom stereocenters. The second kappa shape index (κ2) is 5.82. The van der Waals surface area contributed by atoms with Gasteiger partial charge in [0.25, 0.3) is 0 Å². The van der Waals surface area contributed by atoms with Crippen molar-refractivity contribution in [2.24, 2.45) is 5.92 Å². The average molecular weight is 235 g/mol. The lowest BCUT2D eigenvalue weighted by Gasteiger charge is -2.19. The maximum atomic E-state index is 11.1. The van der Waals surface area contributed by atoms with Crippen molar-refractivity contribution in [2.75, 3.05) is 0 Å². The van der Waals surface area contributed by atoms with Crippen molar-refractivity contribution in [3.63, 3.8) is 0 Å². The summed E-state index contributed by atoms with van der Waals surface area (Å²) in [7, 11) is 0. The van der Waals surface area contributed by atoms with Crippen LogP contribution in [0.4, 0.5) is 0 Å². The smallest absolute Gasteiger partial charge is 0.320 e. The fourth-order valence-corrected chi connectivity index (χ4v) is 1.83. The standard InChI is InChI=1S/C14H21NO2/c1-9(2)13(14(16)17)15-8-12-7-5-6-10(3)11(12)4/h5-7,9,13,15H,8H2,1-4H3,(H,16,17). The van der Waals surface area contributed by atoms with Crippen molar-refractivity contribution >= 4 is 5.97 Å². The van der Waals surface area contributed by atoms with Crippen LogP contribution in [0.3, 0.4) is 0 Å². The van der Waals surface area contributed by atoms with E-state index in [4.69, 9.17) is 5.11 Å². The molecule has 2 N–H and O–H groups in total. The van der Waals surface area contributed by atoms with Gasteiger partial charge in [0.2, 0.25) is 0 Å². The van der Waals surface area contributed by atoms with Crippen molar-refractivity contribution in [3.8, 4) is 0 Å². The Bertz CT molecular complexity index is 399. The molecule has 3 heteroatoms. The molecule has 0 fully saturated rings. The Balaban J connectivity index is 2.72. The molecular formula is C14H21NO2. The Morgan fingerprint density at radius 3 is 2.53 bits per heavy atom. The molecule has 1 aromatic carbocycles. The van der Waals surface area contributed by atoms with Crippen LogP contribution < -0.4 is 5.32 Å². The summed E-state index contributed by atoms with van der Waals surface area (Å²) in [6, 6.07) is 5.62. The summed E-state index contributed by atoms with van der Waals surface area (Å²) in [6.45, 7) is 8.56. The number of carbonyl (C=O) groups is 1. The Morgan fingerprint density at radius 1 is 1.35 bits per heavy atom. The van der Waals surface area contributed by atoms with E-state index in [1.54, 1.807) is 0 Å². The molecule has 0 radical (unpaired) electrons. The van der Waals surface area contributed by atoms with E-state index in [9.17, 15) is 4.79 Å². The molecule has 3 nitrogen and oxygen atoms in total. The molecule has 0 amide bonds. The van der Waals surface area contributed by atoms with Gasteiger partial charge in [0, 0.05) is 6.54 Å². The van der Waals surface area contributed by atoms with Crippen molar-refractivity contribution < 1.29 is 9.90 Å². The quantitative estimate of drug-likeness (QED) is 0.824. The lowest BCUT2D eigenvalue weighted by molar-refractivity contribution is -0.140. The topological polar surface area (TPSA) is 49.3 Å². The minimum absolute atomic E-state index is 0.0811. The number of nitrogens with one attached hydrogen (secondary N) is 1. The molecule has 0 saturated carbocycles. The SMILES string of the molecule is Cc1cccc(CNC(C(=O)O)C(C)C)c1C. The predicted octanol–water partition coefficient (Wildman–Crippen LogP) is 2.50. The predicted molar refractivity (Wildman–Crippen MR) is 69.0 cm³/mol. The Hall–Kier alpha value is -1.35. The van der Waals surface area contributed by atoms with Gasteiger partial charge < -0.3 is 10.4 Å². The van der Waals surface area contributed by atoms with E-state index in [0.717, 1.165) is 5.56 Å². The zero-order valence-electron chi connectivity index (χ0n) is 10.9. The molecule has 0 bridgehead atoms. The molecule has 1 atom stereocenters. The van der Waals surface area contributed by atoms with Crippen LogP contribution in [0.25, 0.3) is 0 Å². The highest BCUT2D eigenvalue weighted by molar-refractivity contribution is 5.73. The number of aliphatic carboxylic acids is 1. The number of benzene rings is 1. The maximum Gasteiger partial charge on any atom is 0.320 e. The zero-order chi connectivity index (χ0) is 13.0. The van der Waals surface area contributed by atoms with Gasteiger partial charge in [-0.15, -0.1) is 0 Å². The van der Waals surface area contributed by atoms with Crippen LogP contribution in [0.5, 0.6) is 0 Å². The van der Waals surface area contributed by atoms with Gasteiger partial charge in [0.15, 0.2) is 0 Å². The minimum atomic E-state index is -0.787. The molecule has 0 aliphatic heterocycles. The number of carboxylic acid groups (broad SMARTS) is 1. The van der Waals surface area contributed by atoms with Crippen LogP contribution in [0, 0.1) is 19.8 Å². The molecule has 0 aromatic heterocycles. The van der Waals surface area contributed by atoms with E-state index >= 15 is 0 Å². The number of rotatable bonds is 5. The van der Waals surface area contributed by atoms with Gasteiger partial charge in [0.1, 0.15) is 6.04 Å². The number of hydrogen-bond acceptors (Lipinski definition) is 2. The first-order valence-electron chi connectivity index (χ1n) is 5.94. The Kier molecular flexibility index (Phi) is 4.70. The molecule has 0 aliphatic carbocycles. The van der Waals surface area contributed by atoms with Crippen LogP contribution in [-0.2, 0) is 11.3 Å². The number of hydrogen-bond donors (Lipinski definition) is 2. The maximum absolute atomic E-state index is 11.1. The van der Waals surface area contributed by atoms with Crippen molar-refractivity contribution in [1.29, 1.82) is 0 Å². The summed E-state index contributed by atoms with van der Waals surface area (Å²) in [5.74, 6) is -0.706. The third-order valence-corrected chi connectivity index (χ3v) is 3.16. The fourth-order valence-electron chi connectivity index (χ4n) is 1.83. The van der Waals surface area contributed by atoms with Crippen LogP contribution in [0.1, 0.15) is 30.5 Å². The minimum Gasteiger partial charge on any atom is -0.480 e. The van der Waals surface area contributed by atoms with E-state index in [-0.39, 0.29) is 5.92 Å². The van der Waals surface area contributed by atoms with Crippen LogP contribution in [-0.4, -0.2) is 17.1 Å². The van der Waals surface area contributed by atoms with E-state index in [2.05, 4.69) is 25.2 Å². The Labute approximate surface area is 103 Å². The molecule has 17 heavy (non-hydrogen) atoms. The molecule has 0 aliphatic rings. The molecule has 94 valence electrons. The Morgan fingerprint density at radius 2 is 2.00 bits per heavy atom. The lowest BCUT2D eigenvalue weighted by atomic mass is 10.0. The van der Waals surface area contributed by atoms with E-state index in [1.165, 1.54) is 11.1 Å². The van der Waals surface area contributed by atoms with Gasteiger partial charge in [-0.1, -0.05) is 32.0 Å². The summed E-state index contributed by atoms with van der Waals surface area (Å²) in [5.41, 5.74) is 3.63. The summed E-state index contributed by atoms with van der Waals surface area (Å²) in [5, 5.41) is 12.2. The molecule has 0 spiro atoms. The second-order valence-corrected chi connectivity index (χ2v) is 4.80. The highest BCUT2D eigenvalue weighted by Gasteiger charge is 2.20. The van der Waals surface area contributed by atoms with E-state index in [1.807, 2.05) is 26.0 Å². The molecule has 0 heterocycles. The largest absolute Gasteiger partial charge is 0.480 e. The number of aryl methyl sites for hydroxylation is 1. The first-order valence-corrected chi connectivity index (χ1v) is 5.94. The van der Waals surface area contributed by atoms with Gasteiger partial charge in [-0.3, -0.25) is 4.79 Å². The van der Waals surface area contributed by atoms with Crippen LogP contribution in [0.2, 0.25) is 0 Å². The lowest BCUT2D eigenvalue weighted by Crippen LogP contribution is -2.40. The fraction of sp³-hybridized carbons (Fsp3) is 0.500. The first kappa shape index (κ1) is 13.7. The van der Waals surface area contributed by atoms with Crippen molar-refractivity contribution in [3.05, 3.63) is 34.9 Å². The van der Waals surface area contributed by atoms with Crippen molar-refractivity contribution in [2.45, 2.75) is 40.3 Å². The zero-order valence-corrected chi connectivity index (χ0v) is 10.9. The highest BCUT2D eigenvalue weighted by atomic mass is 16.4. The van der Waals surface area contributed by atoms with E-state index < -0.39 is 12.0 Å². The normalized spacial score (nSPS) is 12.8. The van der Waals surface area contributed by atoms with Crippen LogP contribution >= 0.6 is 0 Å². The van der Waals surface area contributed by atoms with Gasteiger partial charge >= 0.3 is 5.97 Å². The molecular weight excluding hydrogens is 214 g/mol. The summed E-state index contributed by atoms with van der Waals surface area (Å²) in [6.07, 6.45) is 0. The van der Waals surface area contributed by atoms with Gasteiger partial charge in [-0.2, -0.15) is 0 Å². The molecule has 1 rings (SSSR count). The third kappa shape index (κ3) is 3.56. The average Bonchev–Trinajstić information content (AvgIpc) is 2.23. The van der Waals surface area contributed by atoms with Gasteiger partial charge in [-0.05, 0) is 36.5 Å². The summed E-state index contributed by atoms with van der Waals surface area (Å²) in [4.78, 5) is 11.1. The highest BCUT2D eigenvalue weighted by Crippen LogP contribution is 2.13. The molecule has 0 saturated heterocycles. The number of carboxylic acids is 1. The third-order valence-electron chi connectivity index (χ3n) is 3.16.